The smallest absolute Gasteiger partial charge is 0.343 e. The zero-order valence-electron chi connectivity index (χ0n) is 17.0. The molecule has 0 atom stereocenters. The van der Waals surface area contributed by atoms with Crippen LogP contribution in [0.5, 0.6) is 17.2 Å². The summed E-state index contributed by atoms with van der Waals surface area (Å²) in [5.41, 5.74) is 2.86. The first-order chi connectivity index (χ1) is 14.5. The molecule has 0 saturated heterocycles. The molecular formula is C25H22O5. The van der Waals surface area contributed by atoms with Crippen LogP contribution in [0.2, 0.25) is 0 Å². The van der Waals surface area contributed by atoms with Gasteiger partial charge in [0.25, 0.3) is 0 Å². The summed E-state index contributed by atoms with van der Waals surface area (Å²) in [6.07, 6.45) is 3.20. The van der Waals surface area contributed by atoms with Crippen molar-refractivity contribution in [2.75, 3.05) is 14.2 Å². The number of esters is 1. The van der Waals surface area contributed by atoms with Crippen molar-refractivity contribution in [2.24, 2.45) is 0 Å². The van der Waals surface area contributed by atoms with E-state index in [0.29, 0.717) is 28.4 Å². The van der Waals surface area contributed by atoms with E-state index in [1.807, 2.05) is 19.1 Å². The van der Waals surface area contributed by atoms with E-state index in [1.54, 1.807) is 67.8 Å². The molecule has 0 unspecified atom stereocenters. The van der Waals surface area contributed by atoms with Crippen molar-refractivity contribution in [3.8, 4) is 17.2 Å². The van der Waals surface area contributed by atoms with Crippen LogP contribution in [0.1, 0.15) is 31.8 Å². The van der Waals surface area contributed by atoms with E-state index in [9.17, 15) is 9.59 Å². The molecule has 30 heavy (non-hydrogen) atoms. The van der Waals surface area contributed by atoms with Crippen LogP contribution in [-0.2, 0) is 0 Å². The van der Waals surface area contributed by atoms with Crippen LogP contribution in [0.15, 0.2) is 72.8 Å². The van der Waals surface area contributed by atoms with Crippen LogP contribution in [0.3, 0.4) is 0 Å². The molecule has 0 spiro atoms. The van der Waals surface area contributed by atoms with Gasteiger partial charge in [0.2, 0.25) is 0 Å². The van der Waals surface area contributed by atoms with E-state index < -0.39 is 5.97 Å². The number of hydrogen-bond acceptors (Lipinski definition) is 5. The summed E-state index contributed by atoms with van der Waals surface area (Å²) in [5.74, 6) is 0.736. The molecule has 0 fully saturated rings. The summed E-state index contributed by atoms with van der Waals surface area (Å²) < 4.78 is 15.9. The summed E-state index contributed by atoms with van der Waals surface area (Å²) in [6.45, 7) is 1.97. The van der Waals surface area contributed by atoms with Gasteiger partial charge in [-0.3, -0.25) is 4.79 Å². The second kappa shape index (κ2) is 9.56. The van der Waals surface area contributed by atoms with E-state index in [4.69, 9.17) is 14.2 Å². The van der Waals surface area contributed by atoms with E-state index in [0.717, 1.165) is 11.1 Å². The van der Waals surface area contributed by atoms with Gasteiger partial charge in [-0.1, -0.05) is 42.0 Å². The molecule has 0 aliphatic carbocycles. The van der Waals surface area contributed by atoms with Gasteiger partial charge in [0, 0.05) is 5.56 Å². The Morgan fingerprint density at radius 3 is 2.07 bits per heavy atom. The molecule has 0 aliphatic rings. The normalized spacial score (nSPS) is 10.6. The Labute approximate surface area is 175 Å². The SMILES string of the molecule is COc1ccc(C(=O)Oc2ccc(/C=C/C(=O)c3ccc(C)cc3)cc2OC)cc1. The highest BCUT2D eigenvalue weighted by atomic mass is 16.6. The average Bonchev–Trinajstić information content (AvgIpc) is 2.78. The fraction of sp³-hybridized carbons (Fsp3) is 0.120. The molecule has 0 aromatic heterocycles. The average molecular weight is 402 g/mol. The van der Waals surface area contributed by atoms with Crippen molar-refractivity contribution in [3.05, 3.63) is 95.1 Å². The number of ketones is 1. The van der Waals surface area contributed by atoms with Gasteiger partial charge in [0.15, 0.2) is 17.3 Å². The predicted molar refractivity (Wildman–Crippen MR) is 115 cm³/mol. The van der Waals surface area contributed by atoms with Crippen LogP contribution in [0, 0.1) is 6.92 Å². The molecule has 0 N–H and O–H groups in total. The summed E-state index contributed by atoms with van der Waals surface area (Å²) in [7, 11) is 3.05. The maximum Gasteiger partial charge on any atom is 0.343 e. The van der Waals surface area contributed by atoms with Gasteiger partial charge in [0.1, 0.15) is 5.75 Å². The monoisotopic (exact) mass is 402 g/mol. The third-order valence-corrected chi connectivity index (χ3v) is 4.48. The third kappa shape index (κ3) is 5.14. The lowest BCUT2D eigenvalue weighted by Gasteiger charge is -2.10. The zero-order chi connectivity index (χ0) is 21.5. The highest BCUT2D eigenvalue weighted by Crippen LogP contribution is 2.29. The molecule has 0 aliphatic heterocycles. The fourth-order valence-corrected chi connectivity index (χ4v) is 2.74. The first-order valence-corrected chi connectivity index (χ1v) is 9.33. The standard InChI is InChI=1S/C25H22O5/c1-17-4-8-19(9-5-17)22(26)14-6-18-7-15-23(24(16-18)29-3)30-25(27)20-10-12-21(28-2)13-11-20/h4-16H,1-3H3/b14-6+. The maximum absolute atomic E-state index is 12.4. The number of ether oxygens (including phenoxy) is 3. The van der Waals surface area contributed by atoms with Crippen LogP contribution < -0.4 is 14.2 Å². The van der Waals surface area contributed by atoms with Gasteiger partial charge < -0.3 is 14.2 Å². The van der Waals surface area contributed by atoms with Crippen molar-refractivity contribution in [1.82, 2.24) is 0 Å². The number of hydrogen-bond donors (Lipinski definition) is 0. The minimum absolute atomic E-state index is 0.0935. The summed E-state index contributed by atoms with van der Waals surface area (Å²) in [4.78, 5) is 24.7. The second-order valence-corrected chi connectivity index (χ2v) is 6.59. The first-order valence-electron chi connectivity index (χ1n) is 9.33. The highest BCUT2D eigenvalue weighted by Gasteiger charge is 2.13. The Bertz CT molecular complexity index is 1060. The molecule has 0 bridgehead atoms. The van der Waals surface area contributed by atoms with E-state index >= 15 is 0 Å². The molecular weight excluding hydrogens is 380 g/mol. The number of carbonyl (C=O) groups excluding carboxylic acids is 2. The number of benzene rings is 3. The van der Waals surface area contributed by atoms with Gasteiger partial charge in [-0.2, -0.15) is 0 Å². The molecule has 0 saturated carbocycles. The van der Waals surface area contributed by atoms with Crippen LogP contribution >= 0.6 is 0 Å². The molecule has 0 heterocycles. The summed E-state index contributed by atoms with van der Waals surface area (Å²) in [5, 5.41) is 0. The number of carbonyl (C=O) groups is 2. The third-order valence-electron chi connectivity index (χ3n) is 4.48. The van der Waals surface area contributed by atoms with E-state index in [2.05, 4.69) is 0 Å². The zero-order valence-corrected chi connectivity index (χ0v) is 17.0. The minimum Gasteiger partial charge on any atom is -0.497 e. The Kier molecular flexibility index (Phi) is 6.65. The van der Waals surface area contributed by atoms with Gasteiger partial charge in [-0.05, 0) is 55.0 Å². The van der Waals surface area contributed by atoms with Gasteiger partial charge >= 0.3 is 5.97 Å². The lowest BCUT2D eigenvalue weighted by atomic mass is 10.1. The molecule has 3 aromatic carbocycles. The van der Waals surface area contributed by atoms with Crippen LogP contribution in [-0.4, -0.2) is 26.0 Å². The fourth-order valence-electron chi connectivity index (χ4n) is 2.74. The van der Waals surface area contributed by atoms with Gasteiger partial charge in [0.05, 0.1) is 19.8 Å². The van der Waals surface area contributed by atoms with Crippen molar-refractivity contribution in [2.45, 2.75) is 6.92 Å². The Balaban J connectivity index is 1.73. The molecule has 152 valence electrons. The van der Waals surface area contributed by atoms with Crippen molar-refractivity contribution in [1.29, 1.82) is 0 Å². The predicted octanol–water partition coefficient (Wildman–Crippen LogP) is 5.13. The minimum atomic E-state index is -0.506. The molecule has 3 aromatic rings. The topological polar surface area (TPSA) is 61.8 Å². The number of aryl methyl sites for hydroxylation is 1. The molecule has 5 nitrogen and oxygen atoms in total. The highest BCUT2D eigenvalue weighted by molar-refractivity contribution is 6.06. The number of methoxy groups -OCH3 is 2. The van der Waals surface area contributed by atoms with Crippen LogP contribution in [0.25, 0.3) is 6.08 Å². The summed E-state index contributed by atoms with van der Waals surface area (Å²) in [6, 6.07) is 19.1. The lowest BCUT2D eigenvalue weighted by molar-refractivity contribution is 0.0729. The van der Waals surface area contributed by atoms with Crippen molar-refractivity contribution in [3.63, 3.8) is 0 Å². The quantitative estimate of drug-likeness (QED) is 0.237. The van der Waals surface area contributed by atoms with Crippen molar-refractivity contribution >= 4 is 17.8 Å². The van der Waals surface area contributed by atoms with E-state index in [1.165, 1.54) is 13.2 Å². The largest absolute Gasteiger partial charge is 0.497 e. The Morgan fingerprint density at radius 2 is 1.43 bits per heavy atom. The molecule has 5 heteroatoms. The van der Waals surface area contributed by atoms with Gasteiger partial charge in [-0.25, -0.2) is 4.79 Å². The lowest BCUT2D eigenvalue weighted by Crippen LogP contribution is -2.09. The first kappa shape index (κ1) is 20.9. The van der Waals surface area contributed by atoms with Crippen LogP contribution in [0.4, 0.5) is 0 Å². The Hall–Kier alpha value is -3.86. The number of rotatable bonds is 7. The van der Waals surface area contributed by atoms with E-state index in [-0.39, 0.29) is 5.78 Å². The molecule has 0 amide bonds. The number of allylic oxidation sites excluding steroid dienone is 1. The molecule has 3 rings (SSSR count). The summed E-state index contributed by atoms with van der Waals surface area (Å²) >= 11 is 0. The van der Waals surface area contributed by atoms with Crippen molar-refractivity contribution < 1.29 is 23.8 Å². The second-order valence-electron chi connectivity index (χ2n) is 6.59. The van der Waals surface area contributed by atoms with Gasteiger partial charge in [-0.15, -0.1) is 0 Å². The Morgan fingerprint density at radius 1 is 0.767 bits per heavy atom. The maximum atomic E-state index is 12.4. The molecule has 0 radical (unpaired) electrons.